The molecule has 6 heteroatoms. The van der Waals surface area contributed by atoms with E-state index in [1.54, 1.807) is 0 Å². The average Bonchev–Trinajstić information content (AvgIpc) is 3.41. The molecule has 0 saturated heterocycles. The van der Waals surface area contributed by atoms with Crippen LogP contribution in [0.1, 0.15) is 290 Å². The minimum Gasteiger partial charge on any atom is -0.462 e. The van der Waals surface area contributed by atoms with Gasteiger partial charge in [0, 0.05) is 19.3 Å². The molecule has 428 valence electrons. The highest BCUT2D eigenvalue weighted by Crippen LogP contribution is 2.15. The van der Waals surface area contributed by atoms with E-state index < -0.39 is 6.10 Å². The van der Waals surface area contributed by atoms with Crippen molar-refractivity contribution in [2.75, 3.05) is 13.2 Å². The first-order valence-corrected chi connectivity index (χ1v) is 31.4. The molecular weight excluding hydrogens is 925 g/mol. The van der Waals surface area contributed by atoms with Crippen LogP contribution in [0.4, 0.5) is 0 Å². The lowest BCUT2D eigenvalue weighted by Crippen LogP contribution is -2.30. The van der Waals surface area contributed by atoms with Crippen LogP contribution in [0.5, 0.6) is 0 Å². The van der Waals surface area contributed by atoms with Crippen molar-refractivity contribution >= 4 is 17.9 Å². The molecule has 0 aliphatic carbocycles. The Labute approximate surface area is 463 Å². The van der Waals surface area contributed by atoms with E-state index in [9.17, 15) is 14.4 Å². The number of carbonyl (C=O) groups is 3. The fourth-order valence-electron chi connectivity index (χ4n) is 8.52. The van der Waals surface area contributed by atoms with Gasteiger partial charge in [-0.05, 0) is 122 Å². The first kappa shape index (κ1) is 71.1. The van der Waals surface area contributed by atoms with Gasteiger partial charge in [0.05, 0.1) is 0 Å². The van der Waals surface area contributed by atoms with E-state index in [4.69, 9.17) is 14.2 Å². The van der Waals surface area contributed by atoms with Gasteiger partial charge in [0.2, 0.25) is 0 Å². The maximum absolute atomic E-state index is 12.9. The first-order valence-electron chi connectivity index (χ1n) is 31.4. The van der Waals surface area contributed by atoms with Crippen LogP contribution in [0, 0.1) is 0 Å². The lowest BCUT2D eigenvalue weighted by atomic mass is 10.0. The van der Waals surface area contributed by atoms with Gasteiger partial charge in [-0.3, -0.25) is 14.4 Å². The Morgan fingerprint density at radius 1 is 0.280 bits per heavy atom. The van der Waals surface area contributed by atoms with Gasteiger partial charge in [0.15, 0.2) is 6.10 Å². The maximum atomic E-state index is 12.9. The summed E-state index contributed by atoms with van der Waals surface area (Å²) in [4.78, 5) is 38.2. The molecule has 0 rings (SSSR count). The SMILES string of the molecule is CC/C=C\C/C=C\C/C=C\C/C=C\C/C=C\CCCCCC(=O)OC(COC(=O)CCCCCCC/C=C\CCCC)COC(=O)CCCCCCCCCCCCCC/C=C\C/C=C\C/C=C\CCCCCCC. The van der Waals surface area contributed by atoms with Gasteiger partial charge in [-0.25, -0.2) is 0 Å². The molecule has 0 heterocycles. The van der Waals surface area contributed by atoms with Crippen LogP contribution >= 0.6 is 0 Å². The Kier molecular flexibility index (Phi) is 59.3. The summed E-state index contributed by atoms with van der Waals surface area (Å²) < 4.78 is 16.9. The van der Waals surface area contributed by atoms with Crippen molar-refractivity contribution in [3.63, 3.8) is 0 Å². The summed E-state index contributed by atoms with van der Waals surface area (Å²) in [6.07, 6.45) is 85.3. The molecule has 0 amide bonds. The monoisotopic (exact) mass is 1040 g/mol. The zero-order valence-corrected chi connectivity index (χ0v) is 49.0. The maximum Gasteiger partial charge on any atom is 0.306 e. The third-order valence-electron chi connectivity index (χ3n) is 13.2. The molecule has 0 spiro atoms. The zero-order chi connectivity index (χ0) is 54.3. The van der Waals surface area contributed by atoms with Crippen LogP contribution in [0.15, 0.2) is 109 Å². The highest BCUT2D eigenvalue weighted by molar-refractivity contribution is 5.71. The molecule has 0 N–H and O–H groups in total. The first-order chi connectivity index (χ1) is 37.0. The number of ether oxygens (including phenoxy) is 3. The van der Waals surface area contributed by atoms with E-state index >= 15 is 0 Å². The Bertz CT molecular complexity index is 1520. The molecule has 0 fully saturated rings. The van der Waals surface area contributed by atoms with Crippen LogP contribution in [0.3, 0.4) is 0 Å². The highest BCUT2D eigenvalue weighted by atomic mass is 16.6. The van der Waals surface area contributed by atoms with Crippen molar-refractivity contribution in [2.24, 2.45) is 0 Å². The minimum atomic E-state index is -0.802. The summed E-state index contributed by atoms with van der Waals surface area (Å²) in [5.74, 6) is -0.937. The molecule has 0 aliphatic rings. The quantitative estimate of drug-likeness (QED) is 0.0261. The Morgan fingerprint density at radius 2 is 0.533 bits per heavy atom. The minimum absolute atomic E-state index is 0.0957. The van der Waals surface area contributed by atoms with Crippen LogP contribution in [-0.2, 0) is 28.6 Å². The van der Waals surface area contributed by atoms with Crippen LogP contribution < -0.4 is 0 Å². The third kappa shape index (κ3) is 60.8. The Morgan fingerprint density at radius 3 is 0.880 bits per heavy atom. The van der Waals surface area contributed by atoms with E-state index in [-0.39, 0.29) is 37.5 Å². The van der Waals surface area contributed by atoms with Crippen molar-refractivity contribution in [3.8, 4) is 0 Å². The second-order valence-electron chi connectivity index (χ2n) is 20.6. The summed E-state index contributed by atoms with van der Waals surface area (Å²) in [6.45, 7) is 6.45. The third-order valence-corrected chi connectivity index (χ3v) is 13.2. The van der Waals surface area contributed by atoms with Gasteiger partial charge in [0.1, 0.15) is 13.2 Å². The van der Waals surface area contributed by atoms with E-state index in [0.29, 0.717) is 12.8 Å². The molecule has 0 saturated carbocycles. The number of esters is 3. The summed E-state index contributed by atoms with van der Waals surface area (Å²) >= 11 is 0. The molecule has 0 aromatic carbocycles. The summed E-state index contributed by atoms with van der Waals surface area (Å²) in [5.41, 5.74) is 0. The second kappa shape index (κ2) is 62.6. The van der Waals surface area contributed by atoms with Gasteiger partial charge in [0.25, 0.3) is 0 Å². The number of unbranched alkanes of at least 4 members (excludes halogenated alkanes) is 27. The smallest absolute Gasteiger partial charge is 0.306 e. The largest absolute Gasteiger partial charge is 0.462 e. The summed E-state index contributed by atoms with van der Waals surface area (Å²) in [7, 11) is 0. The van der Waals surface area contributed by atoms with Crippen LogP contribution in [0.2, 0.25) is 0 Å². The van der Waals surface area contributed by atoms with Crippen molar-refractivity contribution < 1.29 is 28.6 Å². The normalized spacial score (nSPS) is 12.8. The topological polar surface area (TPSA) is 78.9 Å². The number of rotatable bonds is 56. The summed E-state index contributed by atoms with van der Waals surface area (Å²) in [6, 6.07) is 0. The van der Waals surface area contributed by atoms with Gasteiger partial charge < -0.3 is 14.2 Å². The number of carbonyl (C=O) groups excluding carboxylic acids is 3. The van der Waals surface area contributed by atoms with E-state index in [1.807, 2.05) is 0 Å². The second-order valence-corrected chi connectivity index (χ2v) is 20.6. The lowest BCUT2D eigenvalue weighted by Gasteiger charge is -2.18. The van der Waals surface area contributed by atoms with Gasteiger partial charge in [-0.1, -0.05) is 259 Å². The predicted molar refractivity (Wildman–Crippen MR) is 325 cm³/mol. The number of hydrogen-bond donors (Lipinski definition) is 0. The van der Waals surface area contributed by atoms with Crippen molar-refractivity contribution in [2.45, 2.75) is 297 Å². The molecular formula is C69H116O6. The predicted octanol–water partition coefficient (Wildman–Crippen LogP) is 21.4. The molecule has 6 nitrogen and oxygen atoms in total. The van der Waals surface area contributed by atoms with Gasteiger partial charge >= 0.3 is 17.9 Å². The lowest BCUT2D eigenvalue weighted by molar-refractivity contribution is -0.167. The molecule has 75 heavy (non-hydrogen) atoms. The van der Waals surface area contributed by atoms with Crippen molar-refractivity contribution in [3.05, 3.63) is 109 Å². The molecule has 0 radical (unpaired) electrons. The van der Waals surface area contributed by atoms with Crippen LogP contribution in [0.25, 0.3) is 0 Å². The Balaban J connectivity index is 4.31. The number of allylic oxidation sites excluding steroid dienone is 18. The van der Waals surface area contributed by atoms with Crippen molar-refractivity contribution in [1.82, 2.24) is 0 Å². The van der Waals surface area contributed by atoms with Crippen molar-refractivity contribution in [1.29, 1.82) is 0 Å². The average molecular weight is 1040 g/mol. The fraction of sp³-hybridized carbons (Fsp3) is 0.696. The van der Waals surface area contributed by atoms with E-state index in [2.05, 4.69) is 130 Å². The molecule has 1 unspecified atom stereocenters. The summed E-state index contributed by atoms with van der Waals surface area (Å²) in [5, 5.41) is 0. The van der Waals surface area contributed by atoms with Crippen LogP contribution in [-0.4, -0.2) is 37.2 Å². The Hall–Kier alpha value is -3.93. The molecule has 0 aliphatic heterocycles. The molecule has 0 aromatic heterocycles. The van der Waals surface area contributed by atoms with E-state index in [0.717, 1.165) is 122 Å². The molecule has 0 aromatic rings. The van der Waals surface area contributed by atoms with Gasteiger partial charge in [-0.15, -0.1) is 0 Å². The standard InChI is InChI=1S/C69H116O6/c1-4-7-10-13-16-19-22-24-26-28-30-31-32-33-34-35-36-37-39-40-42-44-47-50-53-56-59-62-68(71)74-65-66(64-73-67(70)61-58-55-52-49-46-21-18-15-12-9-6-3)75-69(72)63-60-57-54-51-48-45-43-41-38-29-27-25-23-20-17-14-11-8-5-2/h8,11,15,17-18,20,22,24-25,27-28,30,32-33,38,41,45,48,66H,4-7,9-10,12-14,16,19,21,23,26,29,31,34-37,39-40,42-44,46-47,49-65H2,1-3H3/b11-8-,18-15-,20-17-,24-22-,27-25-,30-28-,33-32-,41-38-,48-45-. The molecule has 0 bridgehead atoms. The van der Waals surface area contributed by atoms with Gasteiger partial charge in [-0.2, -0.15) is 0 Å². The fourth-order valence-corrected chi connectivity index (χ4v) is 8.52. The van der Waals surface area contributed by atoms with E-state index in [1.165, 1.54) is 128 Å². The molecule has 1 atom stereocenters. The zero-order valence-electron chi connectivity index (χ0n) is 49.0. The highest BCUT2D eigenvalue weighted by Gasteiger charge is 2.19. The number of hydrogen-bond acceptors (Lipinski definition) is 6.